The smallest absolute Gasteiger partial charge is 0.411 e. The average molecular weight is 399 g/mol. The van der Waals surface area contributed by atoms with Crippen LogP contribution in [0.2, 0.25) is 0 Å². The van der Waals surface area contributed by atoms with E-state index in [2.05, 4.69) is 10.1 Å². The lowest BCUT2D eigenvalue weighted by Gasteiger charge is -2.12. The van der Waals surface area contributed by atoms with Gasteiger partial charge in [0.25, 0.3) is 0 Å². The summed E-state index contributed by atoms with van der Waals surface area (Å²) < 4.78 is 59.6. The van der Waals surface area contributed by atoms with Crippen LogP contribution >= 0.6 is 0 Å². The summed E-state index contributed by atoms with van der Waals surface area (Å²) in [5.41, 5.74) is -0.541. The number of benzene rings is 2. The van der Waals surface area contributed by atoms with Gasteiger partial charge < -0.3 is 9.47 Å². The topological polar surface area (TPSA) is 98.8 Å². The van der Waals surface area contributed by atoms with Crippen molar-refractivity contribution in [2.45, 2.75) is 11.5 Å². The van der Waals surface area contributed by atoms with Gasteiger partial charge in [0.15, 0.2) is 21.5 Å². The van der Waals surface area contributed by atoms with E-state index < -0.39 is 45.7 Å². The summed E-state index contributed by atoms with van der Waals surface area (Å²) in [6.45, 7) is -0.397. The summed E-state index contributed by atoms with van der Waals surface area (Å²) in [6.07, 6.45) is -0.0926. The number of ether oxygens (including phenoxy) is 2. The minimum absolute atomic E-state index is 0.0131. The maximum Gasteiger partial charge on any atom is 0.411 e. The van der Waals surface area contributed by atoms with Crippen LogP contribution in [-0.4, -0.2) is 33.8 Å². The minimum atomic E-state index is -3.54. The van der Waals surface area contributed by atoms with E-state index in [1.54, 1.807) is 6.07 Å². The fourth-order valence-corrected chi connectivity index (χ4v) is 3.13. The van der Waals surface area contributed by atoms with Gasteiger partial charge in [-0.15, -0.1) is 0 Å². The van der Waals surface area contributed by atoms with Gasteiger partial charge in [-0.25, -0.2) is 26.8 Å². The zero-order valence-electron chi connectivity index (χ0n) is 14.3. The van der Waals surface area contributed by atoms with Crippen LogP contribution in [0.4, 0.5) is 19.3 Å². The maximum atomic E-state index is 13.4. The molecule has 0 bridgehead atoms. The van der Waals surface area contributed by atoms with Crippen molar-refractivity contribution in [3.05, 3.63) is 59.2 Å². The molecular weight excluding hydrogens is 384 g/mol. The molecule has 0 saturated carbocycles. The number of halogens is 2. The first kappa shape index (κ1) is 20.3. The highest BCUT2D eigenvalue weighted by molar-refractivity contribution is 7.90. The summed E-state index contributed by atoms with van der Waals surface area (Å²) in [5, 5.41) is 2.10. The molecule has 0 heterocycles. The lowest BCUT2D eigenvalue weighted by Crippen LogP contribution is -2.18. The van der Waals surface area contributed by atoms with Gasteiger partial charge in [-0.1, -0.05) is 18.2 Å². The molecule has 0 spiro atoms. The molecule has 27 heavy (non-hydrogen) atoms. The van der Waals surface area contributed by atoms with Crippen LogP contribution in [0.25, 0.3) is 0 Å². The first-order chi connectivity index (χ1) is 12.6. The van der Waals surface area contributed by atoms with Crippen molar-refractivity contribution in [2.75, 3.05) is 18.7 Å². The fraction of sp³-hybridized carbons (Fsp3) is 0.176. The number of sulfone groups is 1. The summed E-state index contributed by atoms with van der Waals surface area (Å²) in [6, 6.07) is 7.08. The van der Waals surface area contributed by atoms with E-state index in [0.29, 0.717) is 12.1 Å². The molecule has 2 aromatic rings. The number of carbonyl (C=O) groups excluding carboxylic acids is 2. The SMILES string of the molecule is COC(=O)c1cc(F)c(F)cc1NC(=O)OCc1ccccc1S(C)(=O)=O. The molecule has 144 valence electrons. The zero-order chi connectivity index (χ0) is 20.2. The van der Waals surface area contributed by atoms with E-state index in [-0.39, 0.29) is 16.1 Å². The molecule has 0 aliphatic heterocycles. The highest BCUT2D eigenvalue weighted by Gasteiger charge is 2.19. The minimum Gasteiger partial charge on any atom is -0.465 e. The van der Waals surface area contributed by atoms with Crippen molar-refractivity contribution < 1.29 is 36.3 Å². The Balaban J connectivity index is 2.18. The molecule has 0 unspecified atom stereocenters. The second kappa shape index (κ2) is 8.12. The molecule has 0 fully saturated rings. The van der Waals surface area contributed by atoms with Gasteiger partial charge in [0.1, 0.15) is 6.61 Å². The van der Waals surface area contributed by atoms with E-state index in [1.165, 1.54) is 18.2 Å². The molecule has 0 atom stereocenters. The van der Waals surface area contributed by atoms with Crippen LogP contribution in [0, 0.1) is 11.6 Å². The molecule has 2 aromatic carbocycles. The number of hydrogen-bond acceptors (Lipinski definition) is 6. The summed E-state index contributed by atoms with van der Waals surface area (Å²) in [4.78, 5) is 23.6. The van der Waals surface area contributed by atoms with Crippen LogP contribution in [0.3, 0.4) is 0 Å². The van der Waals surface area contributed by atoms with E-state index in [0.717, 1.165) is 13.4 Å². The van der Waals surface area contributed by atoms with E-state index in [9.17, 15) is 26.8 Å². The van der Waals surface area contributed by atoms with Crippen molar-refractivity contribution in [1.82, 2.24) is 0 Å². The first-order valence-corrected chi connectivity index (χ1v) is 9.31. The van der Waals surface area contributed by atoms with Crippen LogP contribution in [0.5, 0.6) is 0 Å². The molecule has 0 radical (unpaired) electrons. The van der Waals surface area contributed by atoms with Crippen LogP contribution < -0.4 is 5.32 Å². The number of methoxy groups -OCH3 is 1. The van der Waals surface area contributed by atoms with E-state index in [4.69, 9.17) is 4.74 Å². The molecule has 7 nitrogen and oxygen atoms in total. The highest BCUT2D eigenvalue weighted by Crippen LogP contribution is 2.22. The monoisotopic (exact) mass is 399 g/mol. The lowest BCUT2D eigenvalue weighted by atomic mass is 10.1. The van der Waals surface area contributed by atoms with Gasteiger partial charge in [-0.05, 0) is 12.1 Å². The number of amides is 1. The average Bonchev–Trinajstić information content (AvgIpc) is 2.61. The van der Waals surface area contributed by atoms with Gasteiger partial charge in [0, 0.05) is 17.9 Å². The molecule has 1 N–H and O–H groups in total. The quantitative estimate of drug-likeness (QED) is 0.777. The summed E-state index contributed by atoms with van der Waals surface area (Å²) in [7, 11) is -2.50. The Morgan fingerprint density at radius 2 is 1.74 bits per heavy atom. The van der Waals surface area contributed by atoms with Gasteiger partial charge in [-0.2, -0.15) is 0 Å². The fourth-order valence-electron chi connectivity index (χ4n) is 2.20. The molecular formula is C17H15F2NO6S. The number of hydrogen-bond donors (Lipinski definition) is 1. The Morgan fingerprint density at radius 1 is 1.11 bits per heavy atom. The third kappa shape index (κ3) is 5.00. The third-order valence-electron chi connectivity index (χ3n) is 3.43. The third-order valence-corrected chi connectivity index (χ3v) is 4.63. The lowest BCUT2D eigenvalue weighted by molar-refractivity contribution is 0.0601. The molecule has 10 heteroatoms. The van der Waals surface area contributed by atoms with Crippen molar-refractivity contribution in [2.24, 2.45) is 0 Å². The molecule has 0 aliphatic rings. The standard InChI is InChI=1S/C17H15F2NO6S/c1-25-16(21)11-7-12(18)13(19)8-14(11)20-17(22)26-9-10-5-3-4-6-15(10)27(2,23)24/h3-8H,9H2,1-2H3,(H,20,22). The molecule has 0 aliphatic carbocycles. The van der Waals surface area contributed by atoms with Crippen molar-refractivity contribution in [3.8, 4) is 0 Å². The molecule has 1 amide bonds. The number of rotatable bonds is 5. The Labute approximate surface area is 153 Å². The molecule has 2 rings (SSSR count). The van der Waals surface area contributed by atoms with E-state index >= 15 is 0 Å². The second-order valence-electron chi connectivity index (χ2n) is 5.38. The molecule has 0 saturated heterocycles. The van der Waals surface area contributed by atoms with Gasteiger partial charge in [0.2, 0.25) is 0 Å². The maximum absolute atomic E-state index is 13.4. The Kier molecular flexibility index (Phi) is 6.11. The van der Waals surface area contributed by atoms with Crippen LogP contribution in [0.1, 0.15) is 15.9 Å². The summed E-state index contributed by atoms with van der Waals surface area (Å²) >= 11 is 0. The predicted octanol–water partition coefficient (Wildman–Crippen LogP) is 2.90. The largest absolute Gasteiger partial charge is 0.465 e. The van der Waals surface area contributed by atoms with E-state index in [1.807, 2.05) is 0 Å². The van der Waals surface area contributed by atoms with Crippen molar-refractivity contribution in [1.29, 1.82) is 0 Å². The van der Waals surface area contributed by atoms with Gasteiger partial charge >= 0.3 is 12.1 Å². The van der Waals surface area contributed by atoms with Gasteiger partial charge in [-0.3, -0.25) is 5.32 Å². The van der Waals surface area contributed by atoms with Gasteiger partial charge in [0.05, 0.1) is 23.3 Å². The second-order valence-corrected chi connectivity index (χ2v) is 7.37. The number of esters is 1. The van der Waals surface area contributed by atoms with Crippen LogP contribution in [0.15, 0.2) is 41.3 Å². The first-order valence-electron chi connectivity index (χ1n) is 7.42. The normalized spacial score (nSPS) is 11.0. The number of carbonyl (C=O) groups is 2. The Bertz CT molecular complexity index is 991. The van der Waals surface area contributed by atoms with Crippen LogP contribution in [-0.2, 0) is 25.9 Å². The zero-order valence-corrected chi connectivity index (χ0v) is 15.1. The highest BCUT2D eigenvalue weighted by atomic mass is 32.2. The molecule has 0 aromatic heterocycles. The number of anilines is 1. The summed E-state index contributed by atoms with van der Waals surface area (Å²) in [5.74, 6) is -3.58. The Hall–Kier alpha value is -3.01. The van der Waals surface area contributed by atoms with Crippen molar-refractivity contribution >= 4 is 27.6 Å². The Morgan fingerprint density at radius 3 is 2.37 bits per heavy atom. The van der Waals surface area contributed by atoms with Crippen molar-refractivity contribution in [3.63, 3.8) is 0 Å². The predicted molar refractivity (Wildman–Crippen MR) is 91.1 cm³/mol. The number of nitrogens with one attached hydrogen (secondary N) is 1.